The van der Waals surface area contributed by atoms with Gasteiger partial charge in [-0.15, -0.1) is 11.8 Å². The van der Waals surface area contributed by atoms with Gasteiger partial charge in [-0.3, -0.25) is 4.79 Å². The van der Waals surface area contributed by atoms with E-state index in [-0.39, 0.29) is 5.91 Å². The first-order chi connectivity index (χ1) is 6.11. The number of carbonyl (C=O) groups is 2. The Balaban J connectivity index is 4.27. The van der Waals surface area contributed by atoms with Crippen molar-refractivity contribution in [3.05, 3.63) is 11.5 Å². The second-order valence-electron chi connectivity index (χ2n) is 2.27. The Bertz CT molecular complexity index is 215. The quantitative estimate of drug-likeness (QED) is 0.678. The summed E-state index contributed by atoms with van der Waals surface area (Å²) in [5.74, 6) is -0.735. The molecule has 0 fully saturated rings. The van der Waals surface area contributed by atoms with Gasteiger partial charge in [0.2, 0.25) is 5.91 Å². The Morgan fingerprint density at radius 3 is 2.54 bits per heavy atom. The Hall–Kier alpha value is -0.970. The third-order valence-electron chi connectivity index (χ3n) is 1.22. The molecule has 1 N–H and O–H groups in total. The molecule has 0 aliphatic carbocycles. The van der Waals surface area contributed by atoms with E-state index in [2.05, 4.69) is 10.1 Å². The molecule has 0 rings (SSSR count). The fourth-order valence-corrected chi connectivity index (χ4v) is 1.00. The zero-order valence-electron chi connectivity index (χ0n) is 7.87. The summed E-state index contributed by atoms with van der Waals surface area (Å²) in [5, 5.41) is 4.17. The highest BCUT2D eigenvalue weighted by atomic mass is 32.2. The summed E-state index contributed by atoms with van der Waals surface area (Å²) in [6.07, 6.45) is 3.44. The van der Waals surface area contributed by atoms with Crippen molar-refractivity contribution in [2.24, 2.45) is 0 Å². The lowest BCUT2D eigenvalue weighted by atomic mass is 10.3. The second kappa shape index (κ2) is 6.54. The highest BCUT2D eigenvalue weighted by Gasteiger charge is 2.15. The second-order valence-corrected chi connectivity index (χ2v) is 3.01. The summed E-state index contributed by atoms with van der Waals surface area (Å²) in [7, 11) is 1.28. The van der Waals surface area contributed by atoms with E-state index in [1.165, 1.54) is 25.8 Å². The zero-order valence-corrected chi connectivity index (χ0v) is 8.68. The number of methoxy groups -OCH3 is 1. The summed E-state index contributed by atoms with van der Waals surface area (Å²) in [6, 6.07) is -0.685. The van der Waals surface area contributed by atoms with Crippen LogP contribution in [0.5, 0.6) is 0 Å². The van der Waals surface area contributed by atoms with Crippen molar-refractivity contribution in [3.8, 4) is 0 Å². The molecule has 0 spiro atoms. The van der Waals surface area contributed by atoms with E-state index >= 15 is 0 Å². The standard InChI is InChI=1S/C8H13NO3S/c1-6(10)9-7(4-5-13-3)8(11)12-2/h4-5,7H,1-3H3,(H,9,10)/b5-4-/t7-/m0/s1. The number of carbonyl (C=O) groups excluding carboxylic acids is 2. The highest BCUT2D eigenvalue weighted by molar-refractivity contribution is 8.01. The van der Waals surface area contributed by atoms with Crippen LogP contribution in [0.25, 0.3) is 0 Å². The van der Waals surface area contributed by atoms with Gasteiger partial charge in [0.25, 0.3) is 0 Å². The lowest BCUT2D eigenvalue weighted by molar-refractivity contribution is -0.143. The average molecular weight is 203 g/mol. The van der Waals surface area contributed by atoms with Gasteiger partial charge in [0, 0.05) is 6.92 Å². The van der Waals surface area contributed by atoms with E-state index in [0.29, 0.717) is 0 Å². The van der Waals surface area contributed by atoms with Crippen molar-refractivity contribution in [2.75, 3.05) is 13.4 Å². The summed E-state index contributed by atoms with van der Waals surface area (Å²) in [6.45, 7) is 1.35. The van der Waals surface area contributed by atoms with E-state index < -0.39 is 12.0 Å². The van der Waals surface area contributed by atoms with Gasteiger partial charge >= 0.3 is 5.97 Å². The smallest absolute Gasteiger partial charge is 0.332 e. The van der Waals surface area contributed by atoms with Gasteiger partial charge in [0.15, 0.2) is 0 Å². The lowest BCUT2D eigenvalue weighted by Crippen LogP contribution is -2.38. The Labute approximate surface area is 81.7 Å². The molecule has 0 aliphatic heterocycles. The number of thioether (sulfide) groups is 1. The molecule has 0 radical (unpaired) electrons. The molecule has 0 saturated heterocycles. The van der Waals surface area contributed by atoms with Gasteiger partial charge in [0.05, 0.1) is 7.11 Å². The predicted molar refractivity (Wildman–Crippen MR) is 52.3 cm³/mol. The van der Waals surface area contributed by atoms with Crippen LogP contribution >= 0.6 is 11.8 Å². The molecule has 5 heteroatoms. The summed E-state index contributed by atoms with van der Waals surface area (Å²) < 4.78 is 4.50. The molecule has 13 heavy (non-hydrogen) atoms. The van der Waals surface area contributed by atoms with Crippen LogP contribution in [0.15, 0.2) is 11.5 Å². The number of rotatable bonds is 4. The number of hydrogen-bond acceptors (Lipinski definition) is 4. The van der Waals surface area contributed by atoms with Crippen molar-refractivity contribution < 1.29 is 14.3 Å². The Morgan fingerprint density at radius 1 is 1.54 bits per heavy atom. The van der Waals surface area contributed by atoms with E-state index in [1.54, 1.807) is 11.5 Å². The first kappa shape index (κ1) is 12.0. The van der Waals surface area contributed by atoms with E-state index in [0.717, 1.165) is 0 Å². The van der Waals surface area contributed by atoms with Gasteiger partial charge < -0.3 is 10.1 Å². The number of amides is 1. The molecule has 4 nitrogen and oxygen atoms in total. The van der Waals surface area contributed by atoms with Crippen molar-refractivity contribution in [3.63, 3.8) is 0 Å². The number of nitrogens with one attached hydrogen (secondary N) is 1. The number of esters is 1. The van der Waals surface area contributed by atoms with Gasteiger partial charge in [-0.2, -0.15) is 0 Å². The molecule has 0 aromatic heterocycles. The van der Waals surface area contributed by atoms with Crippen LogP contribution in [0, 0.1) is 0 Å². The molecular weight excluding hydrogens is 190 g/mol. The maximum absolute atomic E-state index is 11.1. The molecule has 1 amide bonds. The molecule has 74 valence electrons. The van der Waals surface area contributed by atoms with Crippen molar-refractivity contribution >= 4 is 23.6 Å². The molecule has 0 aliphatic rings. The van der Waals surface area contributed by atoms with Crippen LogP contribution in [0.2, 0.25) is 0 Å². The van der Waals surface area contributed by atoms with Crippen LogP contribution in [0.3, 0.4) is 0 Å². The maximum Gasteiger partial charge on any atom is 0.332 e. The summed E-state index contributed by atoms with van der Waals surface area (Å²) in [5.41, 5.74) is 0. The van der Waals surface area contributed by atoms with Gasteiger partial charge in [-0.25, -0.2) is 4.79 Å². The maximum atomic E-state index is 11.1. The van der Waals surface area contributed by atoms with Crippen LogP contribution in [0.1, 0.15) is 6.92 Å². The van der Waals surface area contributed by atoms with Crippen molar-refractivity contribution in [2.45, 2.75) is 13.0 Å². The summed E-state index contributed by atoms with van der Waals surface area (Å²) in [4.78, 5) is 21.7. The van der Waals surface area contributed by atoms with Crippen LogP contribution in [0.4, 0.5) is 0 Å². The molecule has 1 atom stereocenters. The molecule has 0 bridgehead atoms. The topological polar surface area (TPSA) is 55.4 Å². The van der Waals surface area contributed by atoms with Gasteiger partial charge in [-0.05, 0) is 17.7 Å². The Kier molecular flexibility index (Phi) is 6.05. The summed E-state index contributed by atoms with van der Waals surface area (Å²) >= 11 is 1.45. The average Bonchev–Trinajstić information content (AvgIpc) is 2.10. The third kappa shape index (κ3) is 5.30. The van der Waals surface area contributed by atoms with Crippen LogP contribution in [-0.2, 0) is 14.3 Å². The minimum absolute atomic E-state index is 0.263. The molecule has 0 heterocycles. The normalized spacial score (nSPS) is 12.5. The third-order valence-corrected chi connectivity index (χ3v) is 1.65. The SMILES string of the molecule is COC(=O)[C@H](/C=C\SC)NC(C)=O. The first-order valence-corrected chi connectivity index (χ1v) is 4.95. The molecule has 0 aromatic carbocycles. The van der Waals surface area contributed by atoms with Crippen LogP contribution in [-0.4, -0.2) is 31.3 Å². The minimum atomic E-state index is -0.685. The fourth-order valence-electron chi connectivity index (χ4n) is 0.689. The number of hydrogen-bond donors (Lipinski definition) is 1. The molecule has 0 saturated carbocycles. The fraction of sp³-hybridized carbons (Fsp3) is 0.500. The first-order valence-electron chi connectivity index (χ1n) is 3.66. The van der Waals surface area contributed by atoms with Gasteiger partial charge in [-0.1, -0.05) is 0 Å². The lowest BCUT2D eigenvalue weighted by Gasteiger charge is -2.10. The van der Waals surface area contributed by atoms with Crippen molar-refractivity contribution in [1.82, 2.24) is 5.32 Å². The molecule has 0 unspecified atom stereocenters. The van der Waals surface area contributed by atoms with Crippen LogP contribution < -0.4 is 5.32 Å². The monoisotopic (exact) mass is 203 g/mol. The molecule has 0 aromatic rings. The van der Waals surface area contributed by atoms with Gasteiger partial charge in [0.1, 0.15) is 6.04 Å². The zero-order chi connectivity index (χ0) is 10.3. The Morgan fingerprint density at radius 2 is 2.15 bits per heavy atom. The number of ether oxygens (including phenoxy) is 1. The molecular formula is C8H13NO3S. The van der Waals surface area contributed by atoms with E-state index in [1.807, 2.05) is 6.26 Å². The largest absolute Gasteiger partial charge is 0.467 e. The van der Waals surface area contributed by atoms with Crippen molar-refractivity contribution in [1.29, 1.82) is 0 Å². The minimum Gasteiger partial charge on any atom is -0.467 e. The van der Waals surface area contributed by atoms with E-state index in [9.17, 15) is 9.59 Å². The van der Waals surface area contributed by atoms with E-state index in [4.69, 9.17) is 0 Å². The predicted octanol–water partition coefficient (Wildman–Crippen LogP) is 0.541. The highest BCUT2D eigenvalue weighted by Crippen LogP contribution is 1.98.